The van der Waals surface area contributed by atoms with Gasteiger partial charge in [-0.15, -0.1) is 0 Å². The zero-order valence-electron chi connectivity index (χ0n) is 12.3. The molecule has 1 unspecified atom stereocenters. The van der Waals surface area contributed by atoms with Crippen molar-refractivity contribution in [3.8, 4) is 0 Å². The second-order valence-corrected chi connectivity index (χ2v) is 5.01. The van der Waals surface area contributed by atoms with Gasteiger partial charge in [0, 0.05) is 26.1 Å². The lowest BCUT2D eigenvalue weighted by atomic mass is 10.2. The van der Waals surface area contributed by atoms with E-state index in [0.717, 1.165) is 5.52 Å². The summed E-state index contributed by atoms with van der Waals surface area (Å²) in [4.78, 5) is 23.5. The maximum atomic E-state index is 11.8. The summed E-state index contributed by atoms with van der Waals surface area (Å²) in [7, 11) is 1.60. The fourth-order valence-corrected chi connectivity index (χ4v) is 2.26. The number of benzene rings is 1. The zero-order chi connectivity index (χ0) is 15.2. The van der Waals surface area contributed by atoms with Crippen LogP contribution in [0.4, 0.5) is 0 Å². The average Bonchev–Trinajstić information content (AvgIpc) is 2.75. The molecule has 0 aliphatic carbocycles. The Bertz CT molecular complexity index is 659. The zero-order valence-corrected chi connectivity index (χ0v) is 12.3. The van der Waals surface area contributed by atoms with Gasteiger partial charge in [0.25, 0.3) is 0 Å². The summed E-state index contributed by atoms with van der Waals surface area (Å²) in [5.74, 6) is -0.426. The first kappa shape index (κ1) is 15.3. The predicted molar refractivity (Wildman–Crippen MR) is 79.2 cm³/mol. The highest BCUT2D eigenvalue weighted by Crippen LogP contribution is 2.12. The van der Waals surface area contributed by atoms with E-state index >= 15 is 0 Å². The topological polar surface area (TPSA) is 73.5 Å². The number of carbonyl (C=O) groups excluding carboxylic acids is 1. The molecule has 2 rings (SSSR count). The number of hydrogen-bond acceptors (Lipinski definition) is 4. The fourth-order valence-electron chi connectivity index (χ4n) is 2.26. The summed E-state index contributed by atoms with van der Waals surface area (Å²) in [5, 5.41) is 2.84. The molecule has 1 amide bonds. The second-order valence-electron chi connectivity index (χ2n) is 5.01. The molecule has 0 fully saturated rings. The molecule has 2 aromatic rings. The van der Waals surface area contributed by atoms with Gasteiger partial charge >= 0.3 is 5.76 Å². The van der Waals surface area contributed by atoms with Crippen molar-refractivity contribution < 1.29 is 13.9 Å². The van der Waals surface area contributed by atoms with Crippen LogP contribution in [0.1, 0.15) is 19.8 Å². The summed E-state index contributed by atoms with van der Waals surface area (Å²) in [6.45, 7) is 2.83. The minimum atomic E-state index is -0.385. The molecule has 114 valence electrons. The maximum Gasteiger partial charge on any atom is 0.419 e. The first-order valence-corrected chi connectivity index (χ1v) is 6.98. The second kappa shape index (κ2) is 7.08. The Hall–Kier alpha value is -2.08. The number of aryl methyl sites for hydroxylation is 1. The first-order valence-electron chi connectivity index (χ1n) is 6.98. The minimum Gasteiger partial charge on any atom is -0.408 e. The van der Waals surface area contributed by atoms with Crippen LogP contribution in [0, 0.1) is 0 Å². The van der Waals surface area contributed by atoms with Crippen LogP contribution in [0.3, 0.4) is 0 Å². The Morgan fingerprint density at radius 1 is 1.43 bits per heavy atom. The van der Waals surface area contributed by atoms with E-state index in [1.807, 2.05) is 25.1 Å². The van der Waals surface area contributed by atoms with Gasteiger partial charge in [0.2, 0.25) is 5.91 Å². The van der Waals surface area contributed by atoms with Crippen molar-refractivity contribution in [3.05, 3.63) is 34.8 Å². The van der Waals surface area contributed by atoms with Gasteiger partial charge in [-0.2, -0.15) is 0 Å². The van der Waals surface area contributed by atoms with E-state index in [4.69, 9.17) is 9.15 Å². The van der Waals surface area contributed by atoms with E-state index in [-0.39, 0.29) is 17.7 Å². The molecule has 1 atom stereocenters. The van der Waals surface area contributed by atoms with Gasteiger partial charge in [-0.25, -0.2) is 4.79 Å². The van der Waals surface area contributed by atoms with Gasteiger partial charge in [-0.1, -0.05) is 12.1 Å². The molecule has 0 spiro atoms. The normalized spacial score (nSPS) is 12.5. The van der Waals surface area contributed by atoms with Gasteiger partial charge in [0.05, 0.1) is 12.1 Å². The summed E-state index contributed by atoms with van der Waals surface area (Å²) < 4.78 is 11.7. The van der Waals surface area contributed by atoms with E-state index < -0.39 is 0 Å². The third kappa shape index (κ3) is 3.95. The number of fused-ring (bicyclic) bond motifs is 1. The molecule has 0 radical (unpaired) electrons. The molecule has 0 bridgehead atoms. The summed E-state index contributed by atoms with van der Waals surface area (Å²) in [6, 6.07) is 7.25. The van der Waals surface area contributed by atoms with Crippen LogP contribution < -0.4 is 11.1 Å². The number of oxazole rings is 1. The van der Waals surface area contributed by atoms with E-state index in [9.17, 15) is 9.59 Å². The van der Waals surface area contributed by atoms with Crippen LogP contribution in [0.15, 0.2) is 33.5 Å². The van der Waals surface area contributed by atoms with Crippen LogP contribution in [0.25, 0.3) is 11.1 Å². The Morgan fingerprint density at radius 3 is 2.95 bits per heavy atom. The van der Waals surface area contributed by atoms with E-state index in [0.29, 0.717) is 31.6 Å². The Kier molecular flexibility index (Phi) is 5.16. The molecular weight excluding hydrogens is 272 g/mol. The van der Waals surface area contributed by atoms with Gasteiger partial charge in [0.1, 0.15) is 0 Å². The van der Waals surface area contributed by atoms with E-state index in [1.165, 1.54) is 0 Å². The third-order valence-corrected chi connectivity index (χ3v) is 3.18. The molecule has 0 saturated carbocycles. The van der Waals surface area contributed by atoms with Crippen molar-refractivity contribution in [2.75, 3.05) is 13.7 Å². The van der Waals surface area contributed by atoms with Crippen molar-refractivity contribution in [3.63, 3.8) is 0 Å². The minimum absolute atomic E-state index is 0.0139. The monoisotopic (exact) mass is 292 g/mol. The highest BCUT2D eigenvalue weighted by atomic mass is 16.5. The number of amides is 1. The summed E-state index contributed by atoms with van der Waals surface area (Å²) in [6.07, 6.45) is 0.939. The van der Waals surface area contributed by atoms with Crippen LogP contribution in [0.5, 0.6) is 0 Å². The molecule has 6 heteroatoms. The molecule has 0 aliphatic rings. The lowest BCUT2D eigenvalue weighted by molar-refractivity contribution is -0.122. The standard InChI is InChI=1S/C15H20N2O4/c1-11(10-20-2)16-14(18)8-5-9-17-12-6-3-4-7-13(12)21-15(17)19/h3-4,6-7,11H,5,8-10H2,1-2H3,(H,16,18). The Labute approximate surface area is 122 Å². The first-order chi connectivity index (χ1) is 10.1. The smallest absolute Gasteiger partial charge is 0.408 e. The maximum absolute atomic E-state index is 11.8. The lowest BCUT2D eigenvalue weighted by Crippen LogP contribution is -2.35. The lowest BCUT2D eigenvalue weighted by Gasteiger charge is -2.12. The summed E-state index contributed by atoms with van der Waals surface area (Å²) in [5.41, 5.74) is 1.33. The van der Waals surface area contributed by atoms with Crippen LogP contribution >= 0.6 is 0 Å². The number of rotatable bonds is 7. The molecule has 1 aromatic heterocycles. The van der Waals surface area contributed by atoms with Crippen molar-refractivity contribution in [2.24, 2.45) is 0 Å². The van der Waals surface area contributed by atoms with Crippen LogP contribution in [-0.2, 0) is 16.1 Å². The highest BCUT2D eigenvalue weighted by molar-refractivity contribution is 5.76. The van der Waals surface area contributed by atoms with Gasteiger partial charge in [0.15, 0.2) is 5.58 Å². The molecule has 6 nitrogen and oxygen atoms in total. The fraction of sp³-hybridized carbons (Fsp3) is 0.467. The van der Waals surface area contributed by atoms with E-state index in [2.05, 4.69) is 5.32 Å². The molecule has 0 aliphatic heterocycles. The van der Waals surface area contributed by atoms with Gasteiger partial charge < -0.3 is 14.5 Å². The molecule has 1 N–H and O–H groups in total. The third-order valence-electron chi connectivity index (χ3n) is 3.18. The van der Waals surface area contributed by atoms with Gasteiger partial charge in [-0.05, 0) is 25.5 Å². The average molecular weight is 292 g/mol. The number of nitrogens with zero attached hydrogens (tertiary/aromatic N) is 1. The van der Waals surface area contributed by atoms with Crippen LogP contribution in [-0.4, -0.2) is 30.2 Å². The number of carbonyl (C=O) groups is 1. The number of methoxy groups -OCH3 is 1. The summed E-state index contributed by atoms with van der Waals surface area (Å²) >= 11 is 0. The number of nitrogens with one attached hydrogen (secondary N) is 1. The quantitative estimate of drug-likeness (QED) is 0.840. The van der Waals surface area contributed by atoms with Crippen molar-refractivity contribution >= 4 is 17.0 Å². The highest BCUT2D eigenvalue weighted by Gasteiger charge is 2.10. The molecule has 0 saturated heterocycles. The number of ether oxygens (including phenoxy) is 1. The predicted octanol–water partition coefficient (Wildman–Crippen LogP) is 1.53. The largest absolute Gasteiger partial charge is 0.419 e. The Balaban J connectivity index is 1.89. The Morgan fingerprint density at radius 2 is 2.19 bits per heavy atom. The molecular formula is C15H20N2O4. The molecule has 21 heavy (non-hydrogen) atoms. The number of aromatic nitrogens is 1. The van der Waals surface area contributed by atoms with Crippen LogP contribution in [0.2, 0.25) is 0 Å². The van der Waals surface area contributed by atoms with Crippen molar-refractivity contribution in [2.45, 2.75) is 32.4 Å². The number of hydrogen-bond donors (Lipinski definition) is 1. The molecule has 1 heterocycles. The molecule has 1 aromatic carbocycles. The van der Waals surface area contributed by atoms with Crippen molar-refractivity contribution in [1.29, 1.82) is 0 Å². The van der Waals surface area contributed by atoms with E-state index in [1.54, 1.807) is 17.7 Å². The van der Waals surface area contributed by atoms with Gasteiger partial charge in [-0.3, -0.25) is 9.36 Å². The van der Waals surface area contributed by atoms with Crippen molar-refractivity contribution in [1.82, 2.24) is 9.88 Å². The SMILES string of the molecule is COCC(C)NC(=O)CCCn1c(=O)oc2ccccc21. The number of para-hydroxylation sites is 2.